The molecule has 4 heteroatoms. The maximum absolute atomic E-state index is 12.1. The molecule has 3 nitrogen and oxygen atoms in total. The fourth-order valence-corrected chi connectivity index (χ4v) is 3.06. The largest absolute Gasteiger partial charge is 0.411 e. The van der Waals surface area contributed by atoms with Crippen LogP contribution in [-0.4, -0.2) is 31.4 Å². The van der Waals surface area contributed by atoms with Gasteiger partial charge in [-0.25, -0.2) is 0 Å². The minimum absolute atomic E-state index is 0.00174. The summed E-state index contributed by atoms with van der Waals surface area (Å²) in [6.07, 6.45) is 1.42. The molecule has 0 spiro atoms. The number of ketones is 1. The van der Waals surface area contributed by atoms with E-state index in [-0.39, 0.29) is 29.3 Å². The Kier molecular flexibility index (Phi) is 7.54. The Bertz CT molecular complexity index is 378. The monoisotopic (exact) mass is 314 g/mol. The summed E-state index contributed by atoms with van der Waals surface area (Å²) in [5.74, 6) is 0.101. The normalized spacial score (nSPS) is 17.0. The molecule has 0 aromatic carbocycles. The molecule has 1 N–H and O–H groups in total. The van der Waals surface area contributed by atoms with Gasteiger partial charge in [0, 0.05) is 6.42 Å². The molecule has 2 atom stereocenters. The molecular formula is C17H34O3Si. The maximum atomic E-state index is 12.1. The third-order valence-corrected chi connectivity index (χ3v) is 8.95. The third-order valence-electron chi connectivity index (χ3n) is 4.38. The number of hydrogen-bond donors (Lipinski definition) is 1. The summed E-state index contributed by atoms with van der Waals surface area (Å²) in [5, 5.41) is 9.95. The number of Topliss-reactive ketones (excluding diaryl/α,β-unsaturated/α-hetero) is 1. The molecule has 0 aliphatic rings. The Morgan fingerprint density at radius 1 is 1.24 bits per heavy atom. The predicted molar refractivity (Wildman–Crippen MR) is 92.0 cm³/mol. The van der Waals surface area contributed by atoms with Crippen LogP contribution in [0.25, 0.3) is 0 Å². The lowest BCUT2D eigenvalue weighted by molar-refractivity contribution is -0.117. The number of allylic oxidation sites excluding steroid dienone is 1. The molecule has 0 saturated heterocycles. The van der Waals surface area contributed by atoms with Crippen molar-refractivity contribution in [1.29, 1.82) is 0 Å². The van der Waals surface area contributed by atoms with Gasteiger partial charge in [0.25, 0.3) is 0 Å². The van der Waals surface area contributed by atoms with E-state index in [0.29, 0.717) is 5.57 Å². The Labute approximate surface area is 131 Å². The first-order valence-corrected chi connectivity index (χ1v) is 10.8. The van der Waals surface area contributed by atoms with E-state index in [0.717, 1.165) is 0 Å². The lowest BCUT2D eigenvalue weighted by Gasteiger charge is -2.38. The molecule has 0 amide bonds. The van der Waals surface area contributed by atoms with E-state index >= 15 is 0 Å². The summed E-state index contributed by atoms with van der Waals surface area (Å²) < 4.78 is 6.22. The molecule has 0 saturated carbocycles. The molecular weight excluding hydrogens is 280 g/mol. The number of carbonyl (C=O) groups excluding carboxylic acids is 1. The highest BCUT2D eigenvalue weighted by Crippen LogP contribution is 2.37. The number of hydrogen-bond acceptors (Lipinski definition) is 3. The second-order valence-corrected chi connectivity index (χ2v) is 12.6. The van der Waals surface area contributed by atoms with Crippen LogP contribution in [0, 0.1) is 5.92 Å². The molecule has 0 aromatic heterocycles. The molecule has 21 heavy (non-hydrogen) atoms. The van der Waals surface area contributed by atoms with Crippen molar-refractivity contribution in [1.82, 2.24) is 0 Å². The Morgan fingerprint density at radius 3 is 2.10 bits per heavy atom. The quantitative estimate of drug-likeness (QED) is 0.562. The van der Waals surface area contributed by atoms with Crippen LogP contribution >= 0.6 is 0 Å². The van der Waals surface area contributed by atoms with Gasteiger partial charge in [-0.05, 0) is 43.5 Å². The van der Waals surface area contributed by atoms with Crippen LogP contribution in [-0.2, 0) is 9.22 Å². The van der Waals surface area contributed by atoms with Gasteiger partial charge < -0.3 is 9.53 Å². The minimum atomic E-state index is -1.82. The van der Waals surface area contributed by atoms with Crippen molar-refractivity contribution >= 4 is 14.1 Å². The number of aliphatic hydroxyl groups is 1. The van der Waals surface area contributed by atoms with Crippen LogP contribution in [0.3, 0.4) is 0 Å². The van der Waals surface area contributed by atoms with Crippen molar-refractivity contribution in [3.8, 4) is 0 Å². The van der Waals surface area contributed by atoms with Crippen LogP contribution in [0.1, 0.15) is 54.9 Å². The van der Waals surface area contributed by atoms with Gasteiger partial charge in [0.05, 0.1) is 12.2 Å². The van der Waals surface area contributed by atoms with Gasteiger partial charge in [-0.15, -0.1) is 0 Å². The molecule has 0 fully saturated rings. The van der Waals surface area contributed by atoms with E-state index in [9.17, 15) is 9.90 Å². The van der Waals surface area contributed by atoms with Gasteiger partial charge in [-0.2, -0.15) is 0 Å². The van der Waals surface area contributed by atoms with Gasteiger partial charge in [0.1, 0.15) is 0 Å². The van der Waals surface area contributed by atoms with E-state index < -0.39 is 14.4 Å². The van der Waals surface area contributed by atoms with Gasteiger partial charge in [0.15, 0.2) is 14.1 Å². The lowest BCUT2D eigenvalue weighted by Crippen LogP contribution is -2.43. The van der Waals surface area contributed by atoms with Crippen LogP contribution in [0.2, 0.25) is 18.1 Å². The summed E-state index contributed by atoms with van der Waals surface area (Å²) in [7, 11) is -1.82. The first-order valence-electron chi connectivity index (χ1n) is 7.85. The summed E-state index contributed by atoms with van der Waals surface area (Å²) in [6.45, 7) is 18.6. The van der Waals surface area contributed by atoms with Crippen molar-refractivity contribution in [3.05, 3.63) is 11.6 Å². The van der Waals surface area contributed by atoms with Gasteiger partial charge in [0.2, 0.25) is 0 Å². The van der Waals surface area contributed by atoms with E-state index in [2.05, 4.69) is 33.9 Å². The van der Waals surface area contributed by atoms with Crippen LogP contribution in [0.15, 0.2) is 11.6 Å². The molecule has 0 aromatic rings. The molecule has 0 aliphatic carbocycles. The zero-order valence-electron chi connectivity index (χ0n) is 15.3. The second-order valence-electron chi connectivity index (χ2n) is 7.87. The Balaban J connectivity index is 4.74. The standard InChI is InChI=1S/C17H34O3Si/c1-12(2)15(18)11-16(19)13(3)10-14(4)20-21(8,9)17(5,6)7/h10,12,14-15,18H,11H2,1-9H3/b13-10+/t14-,15+/m0/s1. The van der Waals surface area contributed by atoms with Gasteiger partial charge in [-0.1, -0.05) is 40.7 Å². The average molecular weight is 315 g/mol. The minimum Gasteiger partial charge on any atom is -0.411 e. The van der Waals surface area contributed by atoms with Crippen LogP contribution < -0.4 is 0 Å². The fourth-order valence-electron chi connectivity index (χ4n) is 1.71. The molecule has 124 valence electrons. The highest BCUT2D eigenvalue weighted by Gasteiger charge is 2.38. The highest BCUT2D eigenvalue weighted by atomic mass is 28.4. The van der Waals surface area contributed by atoms with Gasteiger partial charge in [-0.3, -0.25) is 4.79 Å². The van der Waals surface area contributed by atoms with Gasteiger partial charge >= 0.3 is 0 Å². The van der Waals surface area contributed by atoms with Crippen molar-refractivity contribution in [2.75, 3.05) is 0 Å². The smallest absolute Gasteiger partial charge is 0.192 e. The Hall–Kier alpha value is -0.453. The SMILES string of the molecule is C/C(=C\[C@H](C)O[Si](C)(C)C(C)(C)C)C(=O)C[C@@H](O)C(C)C. The summed E-state index contributed by atoms with van der Waals surface area (Å²) >= 11 is 0. The number of aliphatic hydroxyl groups excluding tert-OH is 1. The lowest BCUT2D eigenvalue weighted by atomic mass is 9.98. The van der Waals surface area contributed by atoms with Crippen molar-refractivity contribution in [3.63, 3.8) is 0 Å². The molecule has 0 unspecified atom stereocenters. The fraction of sp³-hybridized carbons (Fsp3) is 0.824. The van der Waals surface area contributed by atoms with E-state index in [4.69, 9.17) is 4.43 Å². The van der Waals surface area contributed by atoms with Crippen LogP contribution in [0.4, 0.5) is 0 Å². The van der Waals surface area contributed by atoms with E-state index in [1.165, 1.54) is 0 Å². The topological polar surface area (TPSA) is 46.5 Å². The second kappa shape index (κ2) is 7.70. The zero-order chi connectivity index (χ0) is 17.0. The summed E-state index contributed by atoms with van der Waals surface area (Å²) in [6, 6.07) is 0. The molecule has 0 bridgehead atoms. The number of carbonyl (C=O) groups is 1. The molecule has 0 aliphatic heterocycles. The highest BCUT2D eigenvalue weighted by molar-refractivity contribution is 6.74. The van der Waals surface area contributed by atoms with E-state index in [1.54, 1.807) is 6.92 Å². The number of rotatable bonds is 7. The first-order chi connectivity index (χ1) is 9.28. The van der Waals surface area contributed by atoms with E-state index in [1.807, 2.05) is 26.8 Å². The average Bonchev–Trinajstić information content (AvgIpc) is 2.25. The summed E-state index contributed by atoms with van der Waals surface area (Å²) in [4.78, 5) is 12.1. The maximum Gasteiger partial charge on any atom is 0.192 e. The predicted octanol–water partition coefficient (Wildman–Crippen LogP) is 4.32. The summed E-state index contributed by atoms with van der Waals surface area (Å²) in [5.41, 5.74) is 0.681. The molecule has 0 rings (SSSR count). The van der Waals surface area contributed by atoms with Crippen molar-refractivity contribution < 1.29 is 14.3 Å². The van der Waals surface area contributed by atoms with Crippen molar-refractivity contribution in [2.24, 2.45) is 5.92 Å². The third kappa shape index (κ3) is 6.89. The van der Waals surface area contributed by atoms with Crippen LogP contribution in [0.5, 0.6) is 0 Å². The zero-order valence-corrected chi connectivity index (χ0v) is 16.3. The Morgan fingerprint density at radius 2 is 1.71 bits per heavy atom. The first kappa shape index (κ1) is 20.5. The van der Waals surface area contributed by atoms with Crippen molar-refractivity contribution in [2.45, 2.75) is 85.2 Å². The molecule has 0 radical (unpaired) electrons. The molecule has 0 heterocycles.